The summed E-state index contributed by atoms with van der Waals surface area (Å²) in [6, 6.07) is 3.86. The maximum atomic E-state index is 6.04. The number of hydrogen-bond acceptors (Lipinski definition) is 2. The van der Waals surface area contributed by atoms with Gasteiger partial charge in [0.1, 0.15) is 5.82 Å². The first-order chi connectivity index (χ1) is 8.65. The normalized spacial score (nSPS) is 11.0. The Kier molecular flexibility index (Phi) is 6.80. The molecule has 0 amide bonds. The number of nitrogens with zero attached hydrogens (tertiary/aromatic N) is 2. The molecule has 0 N–H and O–H groups in total. The molecule has 1 aromatic rings. The molecule has 0 saturated heterocycles. The van der Waals surface area contributed by atoms with Crippen molar-refractivity contribution in [3.8, 4) is 0 Å². The third kappa shape index (κ3) is 4.03. The van der Waals surface area contributed by atoms with Crippen LogP contribution in [-0.4, -0.2) is 18.1 Å². The first kappa shape index (κ1) is 15.6. The summed E-state index contributed by atoms with van der Waals surface area (Å²) in [5.41, 5.74) is 0.763. The van der Waals surface area contributed by atoms with Crippen molar-refractivity contribution in [1.29, 1.82) is 0 Å². The molecule has 4 heteroatoms. The van der Waals surface area contributed by atoms with E-state index in [9.17, 15) is 0 Å². The molecule has 0 spiro atoms. The van der Waals surface area contributed by atoms with Crippen molar-refractivity contribution in [2.75, 3.05) is 18.0 Å². The molecule has 0 radical (unpaired) electrons. The molecule has 0 aromatic carbocycles. The van der Waals surface area contributed by atoms with E-state index in [1.807, 2.05) is 12.1 Å². The smallest absolute Gasteiger partial charge is 0.128 e. The van der Waals surface area contributed by atoms with Crippen LogP contribution in [0.4, 0.5) is 5.82 Å². The van der Waals surface area contributed by atoms with Crippen LogP contribution in [0.3, 0.4) is 0 Å². The van der Waals surface area contributed by atoms with Crippen molar-refractivity contribution < 1.29 is 0 Å². The summed E-state index contributed by atoms with van der Waals surface area (Å²) < 4.78 is 0. The molecular weight excluding hydrogens is 267 g/mol. The maximum Gasteiger partial charge on any atom is 0.128 e. The molecule has 0 bridgehead atoms. The number of halogens is 2. The van der Waals surface area contributed by atoms with E-state index in [1.165, 1.54) is 12.8 Å². The Hall–Kier alpha value is -0.470. The van der Waals surface area contributed by atoms with Crippen LogP contribution in [0.25, 0.3) is 0 Å². The van der Waals surface area contributed by atoms with Gasteiger partial charge in [0, 0.05) is 13.1 Å². The number of anilines is 1. The van der Waals surface area contributed by atoms with Crippen LogP contribution in [0.2, 0.25) is 5.02 Å². The van der Waals surface area contributed by atoms with Gasteiger partial charge >= 0.3 is 0 Å². The highest BCUT2D eigenvalue weighted by Crippen LogP contribution is 2.22. The molecule has 0 aliphatic rings. The maximum absolute atomic E-state index is 6.04. The fourth-order valence-electron chi connectivity index (χ4n) is 1.99. The fourth-order valence-corrected chi connectivity index (χ4v) is 2.43. The monoisotopic (exact) mass is 288 g/mol. The SMILES string of the molecule is CCC(CC)CN(CC)c1ccc(Cl)c(CCl)n1. The van der Waals surface area contributed by atoms with Gasteiger partial charge in [0.25, 0.3) is 0 Å². The molecule has 102 valence electrons. The third-order valence-corrected chi connectivity index (χ3v) is 3.97. The lowest BCUT2D eigenvalue weighted by molar-refractivity contribution is 0.484. The zero-order valence-corrected chi connectivity index (χ0v) is 12.9. The van der Waals surface area contributed by atoms with Gasteiger partial charge in [-0.3, -0.25) is 0 Å². The lowest BCUT2D eigenvalue weighted by Crippen LogP contribution is -2.29. The molecule has 0 saturated carbocycles. The fraction of sp³-hybridized carbons (Fsp3) is 0.643. The Morgan fingerprint density at radius 3 is 2.39 bits per heavy atom. The second-order valence-electron chi connectivity index (χ2n) is 4.45. The molecule has 1 rings (SSSR count). The molecule has 18 heavy (non-hydrogen) atoms. The highest BCUT2D eigenvalue weighted by molar-refractivity contribution is 6.32. The van der Waals surface area contributed by atoms with Crippen molar-refractivity contribution in [2.24, 2.45) is 5.92 Å². The second kappa shape index (κ2) is 7.85. The van der Waals surface area contributed by atoms with Crippen LogP contribution in [0, 0.1) is 5.92 Å². The van der Waals surface area contributed by atoms with Gasteiger partial charge in [-0.05, 0) is 25.0 Å². The molecule has 0 atom stereocenters. The van der Waals surface area contributed by atoms with Crippen molar-refractivity contribution in [1.82, 2.24) is 4.98 Å². The van der Waals surface area contributed by atoms with Gasteiger partial charge in [0.15, 0.2) is 0 Å². The minimum Gasteiger partial charge on any atom is -0.357 e. The van der Waals surface area contributed by atoms with E-state index in [4.69, 9.17) is 23.2 Å². The van der Waals surface area contributed by atoms with Crippen LogP contribution in [-0.2, 0) is 5.88 Å². The molecule has 0 fully saturated rings. The van der Waals surface area contributed by atoms with E-state index >= 15 is 0 Å². The van der Waals surface area contributed by atoms with Crippen LogP contribution in [0.1, 0.15) is 39.3 Å². The summed E-state index contributed by atoms with van der Waals surface area (Å²) in [4.78, 5) is 6.84. The van der Waals surface area contributed by atoms with Gasteiger partial charge in [-0.2, -0.15) is 0 Å². The van der Waals surface area contributed by atoms with E-state index in [1.54, 1.807) is 0 Å². The highest BCUT2D eigenvalue weighted by atomic mass is 35.5. The van der Waals surface area contributed by atoms with Crippen molar-refractivity contribution in [3.05, 3.63) is 22.8 Å². The Balaban J connectivity index is 2.87. The van der Waals surface area contributed by atoms with Crippen molar-refractivity contribution in [2.45, 2.75) is 39.5 Å². The molecule has 2 nitrogen and oxygen atoms in total. The number of pyridine rings is 1. The number of alkyl halides is 1. The Labute approximate surface area is 120 Å². The van der Waals surface area contributed by atoms with Crippen LogP contribution in [0.15, 0.2) is 12.1 Å². The lowest BCUT2D eigenvalue weighted by Gasteiger charge is -2.26. The van der Waals surface area contributed by atoms with Gasteiger partial charge < -0.3 is 4.90 Å². The predicted octanol–water partition coefficient (Wildman–Crippen LogP) is 4.74. The Bertz CT molecular complexity index is 365. The number of hydrogen-bond donors (Lipinski definition) is 0. The summed E-state index contributed by atoms with van der Waals surface area (Å²) in [5, 5.41) is 0.646. The van der Waals surface area contributed by atoms with E-state index < -0.39 is 0 Å². The van der Waals surface area contributed by atoms with Gasteiger partial charge in [-0.15, -0.1) is 11.6 Å². The van der Waals surface area contributed by atoms with Crippen LogP contribution in [0.5, 0.6) is 0 Å². The Morgan fingerprint density at radius 2 is 1.89 bits per heavy atom. The van der Waals surface area contributed by atoms with E-state index in [2.05, 4.69) is 30.7 Å². The molecule has 0 unspecified atom stereocenters. The molecule has 0 aliphatic carbocycles. The van der Waals surface area contributed by atoms with Gasteiger partial charge in [-0.1, -0.05) is 38.3 Å². The lowest BCUT2D eigenvalue weighted by atomic mass is 10.0. The molecule has 0 aliphatic heterocycles. The molecular formula is C14H22Cl2N2. The molecule has 1 aromatic heterocycles. The summed E-state index contributed by atoms with van der Waals surface area (Å²) >= 11 is 11.9. The summed E-state index contributed by atoms with van der Waals surface area (Å²) in [6.45, 7) is 8.62. The highest BCUT2D eigenvalue weighted by Gasteiger charge is 2.13. The average molecular weight is 289 g/mol. The van der Waals surface area contributed by atoms with E-state index in [-0.39, 0.29) is 0 Å². The summed E-state index contributed by atoms with van der Waals surface area (Å²) in [5.74, 6) is 2.04. The predicted molar refractivity (Wildman–Crippen MR) is 80.8 cm³/mol. The summed E-state index contributed by atoms with van der Waals surface area (Å²) in [7, 11) is 0. The third-order valence-electron chi connectivity index (χ3n) is 3.37. The Morgan fingerprint density at radius 1 is 1.22 bits per heavy atom. The van der Waals surface area contributed by atoms with Crippen molar-refractivity contribution >= 4 is 29.0 Å². The first-order valence-electron chi connectivity index (χ1n) is 6.62. The molecule has 1 heterocycles. The van der Waals surface area contributed by atoms with Crippen LogP contribution < -0.4 is 4.90 Å². The standard InChI is InChI=1S/C14H22Cl2N2/c1-4-11(5-2)10-18(6-3)14-8-7-12(16)13(9-15)17-14/h7-8,11H,4-6,9-10H2,1-3H3. The second-order valence-corrected chi connectivity index (χ2v) is 5.13. The summed E-state index contributed by atoms with van der Waals surface area (Å²) in [6.07, 6.45) is 2.39. The van der Waals surface area contributed by atoms with Crippen molar-refractivity contribution in [3.63, 3.8) is 0 Å². The van der Waals surface area contributed by atoms with Gasteiger partial charge in [-0.25, -0.2) is 4.98 Å². The van der Waals surface area contributed by atoms with Gasteiger partial charge in [0.2, 0.25) is 0 Å². The van der Waals surface area contributed by atoms with E-state index in [0.29, 0.717) is 16.8 Å². The van der Waals surface area contributed by atoms with Gasteiger partial charge in [0.05, 0.1) is 16.6 Å². The number of rotatable bonds is 7. The zero-order valence-electron chi connectivity index (χ0n) is 11.4. The quantitative estimate of drug-likeness (QED) is 0.674. The first-order valence-corrected chi connectivity index (χ1v) is 7.53. The average Bonchev–Trinajstić information content (AvgIpc) is 2.41. The van der Waals surface area contributed by atoms with E-state index in [0.717, 1.165) is 24.6 Å². The minimum atomic E-state index is 0.356. The zero-order chi connectivity index (χ0) is 13.5. The largest absolute Gasteiger partial charge is 0.357 e. The van der Waals surface area contributed by atoms with Crippen LogP contribution >= 0.6 is 23.2 Å². The minimum absolute atomic E-state index is 0.356. The topological polar surface area (TPSA) is 16.1 Å². The number of aromatic nitrogens is 1.